The molecule has 0 unspecified atom stereocenters. The van der Waals surface area contributed by atoms with Crippen LogP contribution in [0.25, 0.3) is 0 Å². The van der Waals surface area contributed by atoms with Crippen molar-refractivity contribution in [3.8, 4) is 0 Å². The van der Waals surface area contributed by atoms with E-state index < -0.39 is 0 Å². The summed E-state index contributed by atoms with van der Waals surface area (Å²) >= 11 is 0. The van der Waals surface area contributed by atoms with Crippen molar-refractivity contribution < 1.29 is 9.59 Å². The minimum atomic E-state index is -0.266. The molecule has 1 N–H and O–H groups in total. The molecule has 0 bridgehead atoms. The molecule has 2 aliphatic rings. The zero-order valence-electron chi connectivity index (χ0n) is 21.9. The molecule has 3 amide bonds. The molecule has 1 saturated heterocycles. The SMILES string of the molecule is C=CC(=O)Nc1ccc(CN2C(=O)N(C)Cc3cnc(Cc4ccc(N5CCN(C)CC5)cc4)nc32)cc1. The van der Waals surface area contributed by atoms with E-state index in [-0.39, 0.29) is 11.9 Å². The van der Waals surface area contributed by atoms with Crippen LogP contribution < -0.4 is 15.1 Å². The Morgan fingerprint density at radius 3 is 2.37 bits per heavy atom. The van der Waals surface area contributed by atoms with Gasteiger partial charge < -0.3 is 20.0 Å². The molecular formula is C29H33N7O2. The molecule has 1 aromatic heterocycles. The molecule has 9 nitrogen and oxygen atoms in total. The summed E-state index contributed by atoms with van der Waals surface area (Å²) in [5.41, 5.74) is 4.88. The number of urea groups is 1. The molecule has 0 radical (unpaired) electrons. The molecule has 0 aliphatic carbocycles. The van der Waals surface area contributed by atoms with E-state index in [1.807, 2.05) is 30.5 Å². The molecule has 0 saturated carbocycles. The summed E-state index contributed by atoms with van der Waals surface area (Å²) in [5, 5.41) is 2.74. The first-order valence-corrected chi connectivity index (χ1v) is 12.8. The van der Waals surface area contributed by atoms with Gasteiger partial charge in [0.25, 0.3) is 0 Å². The third kappa shape index (κ3) is 5.68. The molecule has 2 aliphatic heterocycles. The van der Waals surface area contributed by atoms with Gasteiger partial charge in [-0.05, 0) is 48.5 Å². The number of hydrogen-bond donors (Lipinski definition) is 1. The minimum absolute atomic E-state index is 0.109. The van der Waals surface area contributed by atoms with Gasteiger partial charge in [0.15, 0.2) is 0 Å². The van der Waals surface area contributed by atoms with Crippen LogP contribution >= 0.6 is 0 Å². The molecule has 3 heterocycles. The second-order valence-electron chi connectivity index (χ2n) is 9.88. The quantitative estimate of drug-likeness (QED) is 0.489. The Bertz CT molecular complexity index is 1320. The summed E-state index contributed by atoms with van der Waals surface area (Å²) in [6.07, 6.45) is 3.65. The Morgan fingerprint density at radius 2 is 1.68 bits per heavy atom. The second kappa shape index (κ2) is 11.0. The summed E-state index contributed by atoms with van der Waals surface area (Å²) < 4.78 is 0. The number of fused-ring (bicyclic) bond motifs is 1. The first-order chi connectivity index (χ1) is 18.4. The van der Waals surface area contributed by atoms with E-state index in [1.54, 1.807) is 16.8 Å². The average molecular weight is 512 g/mol. The summed E-state index contributed by atoms with van der Waals surface area (Å²) in [7, 11) is 3.94. The lowest BCUT2D eigenvalue weighted by Gasteiger charge is -2.34. The lowest BCUT2D eigenvalue weighted by molar-refractivity contribution is -0.111. The molecule has 3 aromatic rings. The average Bonchev–Trinajstić information content (AvgIpc) is 2.93. The standard InChI is InChI=1S/C29H33N7O2/c1-4-27(37)31-24-9-5-22(6-10-24)19-36-28-23(20-34(3)29(36)38)18-30-26(32-28)17-21-7-11-25(12-8-21)35-15-13-33(2)14-16-35/h4-12,18H,1,13-17,19-20H2,2-3H3,(H,31,37). The van der Waals surface area contributed by atoms with Crippen LogP contribution in [0.2, 0.25) is 0 Å². The maximum absolute atomic E-state index is 13.1. The van der Waals surface area contributed by atoms with Crippen LogP contribution in [0.5, 0.6) is 0 Å². The number of carbonyl (C=O) groups excluding carboxylic acids is 2. The topological polar surface area (TPSA) is 84.9 Å². The normalized spacial score (nSPS) is 15.8. The van der Waals surface area contributed by atoms with Gasteiger partial charge in [-0.15, -0.1) is 0 Å². The van der Waals surface area contributed by atoms with Gasteiger partial charge in [0.05, 0.1) is 13.1 Å². The molecule has 5 rings (SSSR count). The van der Waals surface area contributed by atoms with Crippen LogP contribution in [-0.4, -0.2) is 72.0 Å². The maximum Gasteiger partial charge on any atom is 0.326 e. The molecule has 0 spiro atoms. The van der Waals surface area contributed by atoms with Crippen molar-refractivity contribution in [3.05, 3.63) is 89.9 Å². The fraction of sp³-hybridized carbons (Fsp3) is 0.310. The molecule has 196 valence electrons. The van der Waals surface area contributed by atoms with Gasteiger partial charge in [-0.2, -0.15) is 0 Å². The van der Waals surface area contributed by atoms with E-state index in [2.05, 4.69) is 58.0 Å². The van der Waals surface area contributed by atoms with Crippen LogP contribution in [0.1, 0.15) is 22.5 Å². The number of carbonyl (C=O) groups is 2. The van der Waals surface area contributed by atoms with Gasteiger partial charge in [0, 0.05) is 62.8 Å². The number of piperazine rings is 1. The van der Waals surface area contributed by atoms with E-state index in [4.69, 9.17) is 4.98 Å². The Morgan fingerprint density at radius 1 is 1.00 bits per heavy atom. The van der Waals surface area contributed by atoms with Gasteiger partial charge in [-0.1, -0.05) is 30.8 Å². The lowest BCUT2D eigenvalue weighted by Crippen LogP contribution is -2.45. The zero-order valence-corrected chi connectivity index (χ0v) is 21.9. The van der Waals surface area contributed by atoms with Crippen LogP contribution in [0.4, 0.5) is 22.0 Å². The third-order valence-corrected chi connectivity index (χ3v) is 7.03. The van der Waals surface area contributed by atoms with Crippen molar-refractivity contribution in [2.75, 3.05) is 55.4 Å². The molecule has 1 fully saturated rings. The summed E-state index contributed by atoms with van der Waals surface area (Å²) in [6, 6.07) is 15.9. The predicted octanol–water partition coefficient (Wildman–Crippen LogP) is 3.52. The number of anilines is 3. The Kier molecular flexibility index (Phi) is 7.37. The summed E-state index contributed by atoms with van der Waals surface area (Å²) in [4.78, 5) is 42.3. The first kappa shape index (κ1) is 25.4. The van der Waals surface area contributed by atoms with Crippen LogP contribution in [0.15, 0.2) is 67.4 Å². The van der Waals surface area contributed by atoms with E-state index in [1.165, 1.54) is 11.8 Å². The van der Waals surface area contributed by atoms with Crippen molar-refractivity contribution in [2.45, 2.75) is 19.5 Å². The number of benzene rings is 2. The van der Waals surface area contributed by atoms with E-state index in [9.17, 15) is 9.59 Å². The molecule has 38 heavy (non-hydrogen) atoms. The van der Waals surface area contributed by atoms with Gasteiger partial charge in [-0.25, -0.2) is 14.8 Å². The van der Waals surface area contributed by atoms with Gasteiger partial charge in [0.2, 0.25) is 5.91 Å². The Balaban J connectivity index is 1.32. The monoisotopic (exact) mass is 511 g/mol. The predicted molar refractivity (Wildman–Crippen MR) is 149 cm³/mol. The summed E-state index contributed by atoms with van der Waals surface area (Å²) in [5.74, 6) is 1.06. The smallest absolute Gasteiger partial charge is 0.326 e. The third-order valence-electron chi connectivity index (χ3n) is 7.03. The van der Waals surface area contributed by atoms with Gasteiger partial charge in [-0.3, -0.25) is 9.69 Å². The summed E-state index contributed by atoms with van der Waals surface area (Å²) in [6.45, 7) is 8.52. The van der Waals surface area contributed by atoms with Crippen LogP contribution in [0, 0.1) is 0 Å². The number of hydrogen-bond acceptors (Lipinski definition) is 6. The van der Waals surface area contributed by atoms with Crippen molar-refractivity contribution >= 4 is 29.1 Å². The van der Waals surface area contributed by atoms with Crippen molar-refractivity contribution in [1.29, 1.82) is 0 Å². The highest BCUT2D eigenvalue weighted by molar-refractivity contribution is 5.98. The zero-order chi connectivity index (χ0) is 26.6. The van der Waals surface area contributed by atoms with E-state index >= 15 is 0 Å². The number of amides is 3. The Hall–Kier alpha value is -4.24. The number of nitrogens with one attached hydrogen (secondary N) is 1. The lowest BCUT2D eigenvalue weighted by atomic mass is 10.1. The van der Waals surface area contributed by atoms with Gasteiger partial charge >= 0.3 is 6.03 Å². The van der Waals surface area contributed by atoms with Crippen molar-refractivity contribution in [1.82, 2.24) is 19.8 Å². The first-order valence-electron chi connectivity index (χ1n) is 12.8. The van der Waals surface area contributed by atoms with E-state index in [0.29, 0.717) is 36.8 Å². The Labute approximate surface area is 223 Å². The number of rotatable bonds is 7. The minimum Gasteiger partial charge on any atom is -0.369 e. The highest BCUT2D eigenvalue weighted by Crippen LogP contribution is 2.28. The molecule has 0 atom stereocenters. The maximum atomic E-state index is 13.1. The van der Waals surface area contributed by atoms with Gasteiger partial charge in [0.1, 0.15) is 11.6 Å². The largest absolute Gasteiger partial charge is 0.369 e. The van der Waals surface area contributed by atoms with Crippen LogP contribution in [0.3, 0.4) is 0 Å². The second-order valence-corrected chi connectivity index (χ2v) is 9.88. The van der Waals surface area contributed by atoms with Crippen molar-refractivity contribution in [2.24, 2.45) is 0 Å². The molecular weight excluding hydrogens is 478 g/mol. The number of nitrogens with zero attached hydrogens (tertiary/aromatic N) is 6. The fourth-order valence-corrected chi connectivity index (χ4v) is 4.77. The molecule has 2 aromatic carbocycles. The molecule has 9 heteroatoms. The number of likely N-dealkylation sites (N-methyl/N-ethyl adjacent to an activating group) is 1. The highest BCUT2D eigenvalue weighted by Gasteiger charge is 2.30. The highest BCUT2D eigenvalue weighted by atomic mass is 16.2. The number of aromatic nitrogens is 2. The fourth-order valence-electron chi connectivity index (χ4n) is 4.77. The van der Waals surface area contributed by atoms with Crippen LogP contribution in [-0.2, 0) is 24.3 Å². The van der Waals surface area contributed by atoms with Crippen molar-refractivity contribution in [3.63, 3.8) is 0 Å². The van der Waals surface area contributed by atoms with E-state index in [0.717, 1.165) is 42.9 Å².